The molecular weight excluding hydrogens is 316 g/mol. The van der Waals surface area contributed by atoms with Gasteiger partial charge in [-0.2, -0.15) is 0 Å². The lowest BCUT2D eigenvalue weighted by molar-refractivity contribution is -0.244. The SMILES string of the molecule is CC(=O)O[C@@H]1C[C@]2(C)C3(CO3)[C@H]1O[C@H]1C=C(C)C(=O)[C@H](O)[C@]12CO. The van der Waals surface area contributed by atoms with Crippen LogP contribution < -0.4 is 0 Å². The molecule has 2 heterocycles. The first-order chi connectivity index (χ1) is 11.2. The molecule has 7 nitrogen and oxygen atoms in total. The Bertz CT molecular complexity index is 651. The van der Waals surface area contributed by atoms with E-state index in [1.807, 2.05) is 6.92 Å². The van der Waals surface area contributed by atoms with Crippen LogP contribution in [0.25, 0.3) is 0 Å². The molecule has 24 heavy (non-hydrogen) atoms. The lowest BCUT2D eigenvalue weighted by Crippen LogP contribution is -2.70. The highest BCUT2D eigenvalue weighted by Gasteiger charge is 2.83. The maximum absolute atomic E-state index is 12.4. The number of hydrogen-bond donors (Lipinski definition) is 2. The van der Waals surface area contributed by atoms with E-state index in [0.29, 0.717) is 18.6 Å². The van der Waals surface area contributed by atoms with E-state index in [2.05, 4.69) is 0 Å². The number of fused-ring (bicyclic) bond motifs is 2. The zero-order valence-electron chi connectivity index (χ0n) is 13.9. The van der Waals surface area contributed by atoms with Crippen molar-refractivity contribution in [2.24, 2.45) is 10.8 Å². The number of Topliss-reactive ketones (excluding diaryl/α,β-unsaturated/α-hetero) is 1. The summed E-state index contributed by atoms with van der Waals surface area (Å²) >= 11 is 0. The first kappa shape index (κ1) is 16.2. The largest absolute Gasteiger partial charge is 0.460 e. The lowest BCUT2D eigenvalue weighted by Gasteiger charge is -2.58. The van der Waals surface area contributed by atoms with Crippen molar-refractivity contribution in [3.8, 4) is 0 Å². The zero-order valence-corrected chi connectivity index (χ0v) is 13.9. The molecule has 7 heteroatoms. The summed E-state index contributed by atoms with van der Waals surface area (Å²) in [5.41, 5.74) is -2.30. The maximum Gasteiger partial charge on any atom is 0.302 e. The van der Waals surface area contributed by atoms with Crippen molar-refractivity contribution in [2.45, 2.75) is 57.2 Å². The Morgan fingerprint density at radius 2 is 2.17 bits per heavy atom. The number of esters is 1. The van der Waals surface area contributed by atoms with E-state index in [1.165, 1.54) is 6.92 Å². The van der Waals surface area contributed by atoms with Crippen LogP contribution in [0.5, 0.6) is 0 Å². The standard InChI is InChI=1S/C17H22O7/c1-8-4-11-16(6-18,13(21)12(8)20)15(3)5-10(23-9(2)19)14(24-11)17(15)7-22-17/h4,10-11,13-14,18,21H,5-7H2,1-3H3/t10-,11+,13+,14+,15+,16+,17?/m1/s1. The zero-order chi connectivity index (χ0) is 17.5. The molecule has 1 spiro atoms. The number of ether oxygens (including phenoxy) is 3. The molecule has 4 rings (SSSR count). The van der Waals surface area contributed by atoms with Gasteiger partial charge in [0.1, 0.15) is 23.9 Å². The van der Waals surface area contributed by atoms with E-state index < -0.39 is 59.2 Å². The van der Waals surface area contributed by atoms with Crippen molar-refractivity contribution in [3.05, 3.63) is 11.6 Å². The average molecular weight is 338 g/mol. The first-order valence-corrected chi connectivity index (χ1v) is 8.22. The smallest absolute Gasteiger partial charge is 0.302 e. The van der Waals surface area contributed by atoms with Crippen LogP contribution in [0.15, 0.2) is 11.6 Å². The fourth-order valence-electron chi connectivity index (χ4n) is 5.30. The number of carbonyl (C=O) groups is 2. The molecule has 2 saturated heterocycles. The molecule has 2 aliphatic carbocycles. The molecule has 1 unspecified atom stereocenters. The van der Waals surface area contributed by atoms with Gasteiger partial charge in [-0.3, -0.25) is 9.59 Å². The third kappa shape index (κ3) is 1.57. The third-order valence-corrected chi connectivity index (χ3v) is 6.73. The minimum absolute atomic E-state index is 0.367. The predicted molar refractivity (Wildman–Crippen MR) is 79.9 cm³/mol. The highest BCUT2D eigenvalue weighted by molar-refractivity contribution is 6.00. The highest BCUT2D eigenvalue weighted by Crippen LogP contribution is 2.71. The van der Waals surface area contributed by atoms with Crippen molar-refractivity contribution >= 4 is 11.8 Å². The molecule has 0 amide bonds. The van der Waals surface area contributed by atoms with Gasteiger partial charge in [-0.25, -0.2) is 0 Å². The van der Waals surface area contributed by atoms with E-state index in [9.17, 15) is 19.8 Å². The second-order valence-corrected chi connectivity index (χ2v) is 7.65. The molecule has 0 aromatic heterocycles. The van der Waals surface area contributed by atoms with Gasteiger partial charge in [0.25, 0.3) is 0 Å². The Hall–Kier alpha value is -1.28. The van der Waals surface area contributed by atoms with E-state index >= 15 is 0 Å². The molecule has 2 aliphatic heterocycles. The Morgan fingerprint density at radius 1 is 1.50 bits per heavy atom. The van der Waals surface area contributed by atoms with Crippen LogP contribution in [0.1, 0.15) is 27.2 Å². The summed E-state index contributed by atoms with van der Waals surface area (Å²) in [5.74, 6) is -0.824. The van der Waals surface area contributed by atoms with E-state index in [-0.39, 0.29) is 0 Å². The van der Waals surface area contributed by atoms with E-state index in [0.717, 1.165) is 0 Å². The minimum atomic E-state index is -1.39. The summed E-state index contributed by atoms with van der Waals surface area (Å²) in [6.07, 6.45) is -0.991. The first-order valence-electron chi connectivity index (χ1n) is 8.22. The highest BCUT2D eigenvalue weighted by atomic mass is 16.7. The fourth-order valence-corrected chi connectivity index (χ4v) is 5.30. The maximum atomic E-state index is 12.4. The molecular formula is C17H22O7. The van der Waals surface area contributed by atoms with Gasteiger partial charge >= 0.3 is 5.97 Å². The number of hydrogen-bond acceptors (Lipinski definition) is 7. The molecule has 132 valence electrons. The number of aliphatic hydroxyl groups is 2. The quantitative estimate of drug-likeness (QED) is 0.527. The predicted octanol–water partition coefficient (Wildman–Crippen LogP) is -0.267. The Labute approximate surface area is 139 Å². The van der Waals surface area contributed by atoms with Crippen molar-refractivity contribution in [2.75, 3.05) is 13.2 Å². The summed E-state index contributed by atoms with van der Waals surface area (Å²) < 4.78 is 17.4. The fraction of sp³-hybridized carbons (Fsp3) is 0.765. The number of carbonyl (C=O) groups excluding carboxylic acids is 2. The van der Waals surface area contributed by atoms with Gasteiger partial charge < -0.3 is 24.4 Å². The molecule has 1 saturated carbocycles. The molecule has 3 fully saturated rings. The van der Waals surface area contributed by atoms with Crippen LogP contribution in [-0.4, -0.2) is 65.2 Å². The van der Waals surface area contributed by atoms with Crippen LogP contribution in [0.2, 0.25) is 0 Å². The average Bonchev–Trinajstić information content (AvgIpc) is 3.27. The Kier molecular flexibility index (Phi) is 3.15. The Balaban J connectivity index is 1.87. The topological polar surface area (TPSA) is 106 Å². The van der Waals surface area contributed by atoms with Crippen LogP contribution in [0, 0.1) is 10.8 Å². The minimum Gasteiger partial charge on any atom is -0.460 e. The van der Waals surface area contributed by atoms with Crippen molar-refractivity contribution in [1.29, 1.82) is 0 Å². The van der Waals surface area contributed by atoms with Gasteiger partial charge in [0.05, 0.1) is 24.7 Å². The van der Waals surface area contributed by atoms with Gasteiger partial charge in [-0.1, -0.05) is 6.92 Å². The molecule has 7 atom stereocenters. The normalized spacial score (nSPS) is 52.0. The molecule has 4 aliphatic rings. The van der Waals surface area contributed by atoms with Gasteiger partial charge in [-0.05, 0) is 25.0 Å². The van der Waals surface area contributed by atoms with Crippen molar-refractivity contribution in [3.63, 3.8) is 0 Å². The lowest BCUT2D eigenvalue weighted by atomic mass is 9.50. The van der Waals surface area contributed by atoms with Gasteiger partial charge in [-0.15, -0.1) is 0 Å². The summed E-state index contributed by atoms with van der Waals surface area (Å²) in [7, 11) is 0. The number of aliphatic hydroxyl groups excluding tert-OH is 2. The number of epoxide rings is 1. The van der Waals surface area contributed by atoms with Crippen LogP contribution in [-0.2, 0) is 23.8 Å². The summed E-state index contributed by atoms with van der Waals surface area (Å²) in [4.78, 5) is 23.9. The second kappa shape index (κ2) is 4.66. The summed E-state index contributed by atoms with van der Waals surface area (Å²) in [6, 6.07) is 0. The second-order valence-electron chi connectivity index (χ2n) is 7.65. The molecule has 2 bridgehead atoms. The molecule has 0 radical (unpaired) electrons. The number of rotatable bonds is 2. The van der Waals surface area contributed by atoms with Gasteiger partial charge in [0.2, 0.25) is 0 Å². The van der Waals surface area contributed by atoms with E-state index in [4.69, 9.17) is 14.2 Å². The Morgan fingerprint density at radius 3 is 2.71 bits per heavy atom. The monoisotopic (exact) mass is 338 g/mol. The summed E-state index contributed by atoms with van der Waals surface area (Å²) in [6.45, 7) is 4.83. The van der Waals surface area contributed by atoms with Crippen LogP contribution >= 0.6 is 0 Å². The molecule has 2 N–H and O–H groups in total. The number of ketones is 1. The summed E-state index contributed by atoms with van der Waals surface area (Å²) in [5, 5.41) is 21.1. The van der Waals surface area contributed by atoms with Gasteiger partial charge in [0.15, 0.2) is 5.78 Å². The van der Waals surface area contributed by atoms with Gasteiger partial charge in [0, 0.05) is 12.3 Å². The molecule has 0 aromatic rings. The van der Waals surface area contributed by atoms with Crippen LogP contribution in [0.3, 0.4) is 0 Å². The molecule has 0 aromatic carbocycles. The van der Waals surface area contributed by atoms with E-state index in [1.54, 1.807) is 13.0 Å². The van der Waals surface area contributed by atoms with Crippen LogP contribution in [0.4, 0.5) is 0 Å². The third-order valence-electron chi connectivity index (χ3n) is 6.73. The van der Waals surface area contributed by atoms with Crippen molar-refractivity contribution in [1.82, 2.24) is 0 Å². The van der Waals surface area contributed by atoms with Crippen molar-refractivity contribution < 1.29 is 34.0 Å².